The van der Waals surface area contributed by atoms with Gasteiger partial charge < -0.3 is 4.90 Å². The van der Waals surface area contributed by atoms with Crippen LogP contribution in [0.2, 0.25) is 0 Å². The number of allylic oxidation sites excluding steroid dienone is 1. The first-order chi connectivity index (χ1) is 7.64. The first-order valence-electron chi connectivity index (χ1n) is 6.67. The maximum Gasteiger partial charge on any atom is 0.109 e. The molecular formula is C15H28N2. The number of rotatable bonds is 0. The van der Waals surface area contributed by atoms with Crippen molar-refractivity contribution >= 4 is 5.84 Å². The number of aliphatic imine (C=N–C) groups is 1. The van der Waals surface area contributed by atoms with Crippen molar-refractivity contribution in [1.29, 1.82) is 0 Å². The van der Waals surface area contributed by atoms with E-state index >= 15 is 0 Å². The molecule has 0 bridgehead atoms. The van der Waals surface area contributed by atoms with Gasteiger partial charge in [0.15, 0.2) is 0 Å². The minimum atomic E-state index is 0.0561. The smallest absolute Gasteiger partial charge is 0.109 e. The number of nitrogens with zero attached hydrogens (tertiary/aromatic N) is 2. The van der Waals surface area contributed by atoms with E-state index in [2.05, 4.69) is 53.0 Å². The lowest BCUT2D eigenvalue weighted by molar-refractivity contribution is 0.254. The molecule has 1 aliphatic rings. The van der Waals surface area contributed by atoms with E-state index in [-0.39, 0.29) is 11.0 Å². The molecule has 1 rings (SSSR count). The van der Waals surface area contributed by atoms with Crippen LogP contribution < -0.4 is 0 Å². The molecule has 0 spiro atoms. The van der Waals surface area contributed by atoms with Gasteiger partial charge in [0, 0.05) is 23.2 Å². The van der Waals surface area contributed by atoms with Crippen molar-refractivity contribution in [2.45, 2.75) is 66.3 Å². The highest BCUT2D eigenvalue weighted by molar-refractivity contribution is 5.89. The van der Waals surface area contributed by atoms with E-state index in [4.69, 9.17) is 4.99 Å². The monoisotopic (exact) mass is 236 g/mol. The van der Waals surface area contributed by atoms with E-state index in [0.717, 1.165) is 13.0 Å². The largest absolute Gasteiger partial charge is 0.329 e. The van der Waals surface area contributed by atoms with E-state index in [0.29, 0.717) is 0 Å². The lowest BCUT2D eigenvalue weighted by Crippen LogP contribution is -2.49. The highest BCUT2D eigenvalue weighted by atomic mass is 15.3. The molecule has 0 aliphatic carbocycles. The molecule has 0 aromatic rings. The van der Waals surface area contributed by atoms with Gasteiger partial charge in [-0.25, -0.2) is 0 Å². The van der Waals surface area contributed by atoms with Crippen LogP contribution in [0.3, 0.4) is 0 Å². The van der Waals surface area contributed by atoms with E-state index < -0.39 is 0 Å². The van der Waals surface area contributed by atoms with Crippen LogP contribution in [0, 0.1) is 5.41 Å². The minimum absolute atomic E-state index is 0.0561. The van der Waals surface area contributed by atoms with Crippen molar-refractivity contribution < 1.29 is 0 Å². The van der Waals surface area contributed by atoms with Crippen molar-refractivity contribution in [3.05, 3.63) is 12.3 Å². The Labute approximate surface area is 107 Å². The Morgan fingerprint density at radius 1 is 1.06 bits per heavy atom. The van der Waals surface area contributed by atoms with E-state index in [9.17, 15) is 0 Å². The fourth-order valence-electron chi connectivity index (χ4n) is 2.32. The Morgan fingerprint density at radius 2 is 1.65 bits per heavy atom. The molecule has 0 radical (unpaired) electrons. The van der Waals surface area contributed by atoms with E-state index in [1.54, 1.807) is 0 Å². The quantitative estimate of drug-likeness (QED) is 0.614. The van der Waals surface area contributed by atoms with Gasteiger partial charge in [-0.1, -0.05) is 27.4 Å². The second kappa shape index (κ2) is 4.83. The molecule has 1 heterocycles. The van der Waals surface area contributed by atoms with Gasteiger partial charge in [-0.2, -0.15) is 0 Å². The molecular weight excluding hydrogens is 208 g/mol. The summed E-state index contributed by atoms with van der Waals surface area (Å²) in [5, 5.41) is 0. The van der Waals surface area contributed by atoms with Gasteiger partial charge in [0.1, 0.15) is 5.84 Å². The Hall–Kier alpha value is -0.790. The zero-order valence-corrected chi connectivity index (χ0v) is 12.4. The zero-order chi connectivity index (χ0) is 13.3. The standard InChI is InChI=1S/C15H28N2/c1-12-10-8-9-11-16-13(14(2,3)4)17(12)15(5,6)7/h1,8-11H2,2-7H3. The van der Waals surface area contributed by atoms with Gasteiger partial charge in [0.25, 0.3) is 0 Å². The van der Waals surface area contributed by atoms with Gasteiger partial charge in [-0.3, -0.25) is 4.99 Å². The maximum atomic E-state index is 4.83. The topological polar surface area (TPSA) is 15.6 Å². The van der Waals surface area contributed by atoms with Crippen molar-refractivity contribution in [3.8, 4) is 0 Å². The molecule has 0 atom stereocenters. The summed E-state index contributed by atoms with van der Waals surface area (Å²) in [6.45, 7) is 18.6. The summed E-state index contributed by atoms with van der Waals surface area (Å²) in [6, 6.07) is 0. The van der Waals surface area contributed by atoms with Crippen molar-refractivity contribution in [1.82, 2.24) is 4.90 Å². The second-order valence-corrected chi connectivity index (χ2v) is 6.98. The average Bonchev–Trinajstić information content (AvgIpc) is 2.06. The highest BCUT2D eigenvalue weighted by Gasteiger charge is 2.33. The number of amidine groups is 1. The predicted molar refractivity (Wildman–Crippen MR) is 76.3 cm³/mol. The number of hydrogen-bond donors (Lipinski definition) is 0. The molecule has 0 aromatic carbocycles. The maximum absolute atomic E-state index is 4.83. The van der Waals surface area contributed by atoms with Crippen LogP contribution in [-0.4, -0.2) is 22.8 Å². The fourth-order valence-corrected chi connectivity index (χ4v) is 2.32. The molecule has 0 saturated heterocycles. The van der Waals surface area contributed by atoms with Crippen molar-refractivity contribution in [2.75, 3.05) is 6.54 Å². The fraction of sp³-hybridized carbons (Fsp3) is 0.800. The van der Waals surface area contributed by atoms with Gasteiger partial charge >= 0.3 is 0 Å². The summed E-state index contributed by atoms with van der Waals surface area (Å²) in [4.78, 5) is 7.19. The summed E-state index contributed by atoms with van der Waals surface area (Å²) in [7, 11) is 0. The molecule has 0 N–H and O–H groups in total. The Kier molecular flexibility index (Phi) is 4.06. The van der Waals surface area contributed by atoms with Crippen molar-refractivity contribution in [3.63, 3.8) is 0 Å². The lowest BCUT2D eigenvalue weighted by Gasteiger charge is -2.44. The Bertz CT molecular complexity index is 313. The van der Waals surface area contributed by atoms with Gasteiger partial charge in [0.05, 0.1) is 0 Å². The highest BCUT2D eigenvalue weighted by Crippen LogP contribution is 2.31. The third kappa shape index (κ3) is 3.58. The Balaban J connectivity index is 3.20. The third-order valence-corrected chi connectivity index (χ3v) is 3.00. The third-order valence-electron chi connectivity index (χ3n) is 3.00. The summed E-state index contributed by atoms with van der Waals surface area (Å²) < 4.78 is 0. The van der Waals surface area contributed by atoms with Crippen molar-refractivity contribution in [2.24, 2.45) is 10.4 Å². The summed E-state index contributed by atoms with van der Waals surface area (Å²) >= 11 is 0. The molecule has 0 unspecified atom stereocenters. The normalized spacial score (nSPS) is 19.8. The molecule has 0 saturated carbocycles. The van der Waals surface area contributed by atoms with Crippen LogP contribution >= 0.6 is 0 Å². The zero-order valence-electron chi connectivity index (χ0n) is 12.4. The van der Waals surface area contributed by atoms with Crippen LogP contribution in [0.4, 0.5) is 0 Å². The molecule has 0 aromatic heterocycles. The molecule has 1 aliphatic heterocycles. The summed E-state index contributed by atoms with van der Waals surface area (Å²) in [5.74, 6) is 1.19. The first kappa shape index (κ1) is 14.3. The first-order valence-corrected chi connectivity index (χ1v) is 6.67. The molecule has 98 valence electrons. The molecule has 0 amide bonds. The van der Waals surface area contributed by atoms with Crippen LogP contribution in [0.25, 0.3) is 0 Å². The van der Waals surface area contributed by atoms with Crippen LogP contribution in [0.1, 0.15) is 60.8 Å². The molecule has 2 nitrogen and oxygen atoms in total. The van der Waals surface area contributed by atoms with E-state index in [1.807, 2.05) is 0 Å². The summed E-state index contributed by atoms with van der Waals surface area (Å²) in [5.41, 5.74) is 1.35. The number of hydrogen-bond acceptors (Lipinski definition) is 2. The summed E-state index contributed by atoms with van der Waals surface area (Å²) in [6.07, 6.45) is 3.47. The molecule has 0 fully saturated rings. The van der Waals surface area contributed by atoms with Crippen LogP contribution in [0.5, 0.6) is 0 Å². The molecule has 17 heavy (non-hydrogen) atoms. The van der Waals surface area contributed by atoms with Gasteiger partial charge in [0.2, 0.25) is 0 Å². The minimum Gasteiger partial charge on any atom is -0.329 e. The second-order valence-electron chi connectivity index (χ2n) is 6.98. The van der Waals surface area contributed by atoms with Crippen LogP contribution in [0.15, 0.2) is 17.3 Å². The van der Waals surface area contributed by atoms with Gasteiger partial charge in [-0.15, -0.1) is 0 Å². The van der Waals surface area contributed by atoms with Crippen LogP contribution in [-0.2, 0) is 0 Å². The van der Waals surface area contributed by atoms with Gasteiger partial charge in [-0.05, 0) is 40.0 Å². The predicted octanol–water partition coefficient (Wildman–Crippen LogP) is 4.23. The average molecular weight is 236 g/mol. The SMILES string of the molecule is C=C1CCCCN=C(C(C)(C)C)N1C(C)(C)C. The Morgan fingerprint density at radius 3 is 2.12 bits per heavy atom. The molecule has 2 heteroatoms. The lowest BCUT2D eigenvalue weighted by atomic mass is 9.89. The van der Waals surface area contributed by atoms with E-state index in [1.165, 1.54) is 24.4 Å².